The molecule has 106 valence electrons. The molecule has 2 N–H and O–H groups in total. The van der Waals surface area contributed by atoms with E-state index < -0.39 is 0 Å². The van der Waals surface area contributed by atoms with Gasteiger partial charge in [-0.1, -0.05) is 13.0 Å². The number of hydrogen-bond acceptors (Lipinski definition) is 4. The predicted molar refractivity (Wildman–Crippen MR) is 76.9 cm³/mol. The highest BCUT2D eigenvalue weighted by Crippen LogP contribution is 2.33. The zero-order valence-electron chi connectivity index (χ0n) is 11.9. The van der Waals surface area contributed by atoms with E-state index in [1.54, 1.807) is 7.11 Å². The molecule has 0 aliphatic carbocycles. The fourth-order valence-corrected chi connectivity index (χ4v) is 2.72. The van der Waals surface area contributed by atoms with Crippen molar-refractivity contribution in [2.75, 3.05) is 33.4 Å². The summed E-state index contributed by atoms with van der Waals surface area (Å²) in [5.74, 6) is 1.88. The van der Waals surface area contributed by atoms with E-state index in [0.717, 1.165) is 44.0 Å². The van der Waals surface area contributed by atoms with Crippen molar-refractivity contribution in [1.82, 2.24) is 4.90 Å². The zero-order chi connectivity index (χ0) is 13.7. The number of methoxy groups -OCH3 is 1. The zero-order valence-corrected chi connectivity index (χ0v) is 11.9. The second-order valence-electron chi connectivity index (χ2n) is 4.93. The molecule has 4 heteroatoms. The summed E-state index contributed by atoms with van der Waals surface area (Å²) in [4.78, 5) is 2.43. The van der Waals surface area contributed by atoms with E-state index >= 15 is 0 Å². The maximum atomic E-state index is 5.89. The molecule has 0 radical (unpaired) electrons. The number of benzene rings is 1. The summed E-state index contributed by atoms with van der Waals surface area (Å²) >= 11 is 0. The largest absolute Gasteiger partial charge is 0.496 e. The molecule has 0 spiro atoms. The summed E-state index contributed by atoms with van der Waals surface area (Å²) in [5.41, 5.74) is 6.89. The van der Waals surface area contributed by atoms with Gasteiger partial charge in [-0.15, -0.1) is 0 Å². The SMILES string of the molecule is CCCN(CCN)[C@@H]1COc2cccc(OC)c2C1. The lowest BCUT2D eigenvalue weighted by molar-refractivity contribution is 0.120. The van der Waals surface area contributed by atoms with Gasteiger partial charge in [0, 0.05) is 24.7 Å². The van der Waals surface area contributed by atoms with E-state index in [9.17, 15) is 0 Å². The molecule has 0 bridgehead atoms. The van der Waals surface area contributed by atoms with Gasteiger partial charge in [-0.05, 0) is 31.5 Å². The highest BCUT2D eigenvalue weighted by atomic mass is 16.5. The Balaban J connectivity index is 2.15. The Labute approximate surface area is 115 Å². The first-order chi connectivity index (χ1) is 9.30. The topological polar surface area (TPSA) is 47.7 Å². The lowest BCUT2D eigenvalue weighted by atomic mass is 10.00. The Bertz CT molecular complexity index is 389. The average molecular weight is 264 g/mol. The highest BCUT2D eigenvalue weighted by Gasteiger charge is 2.26. The van der Waals surface area contributed by atoms with Gasteiger partial charge >= 0.3 is 0 Å². The number of fused-ring (bicyclic) bond motifs is 1. The Kier molecular flexibility index (Phi) is 5.05. The maximum absolute atomic E-state index is 5.89. The van der Waals surface area contributed by atoms with Crippen molar-refractivity contribution in [1.29, 1.82) is 0 Å². The van der Waals surface area contributed by atoms with Crippen LogP contribution in [0, 0.1) is 0 Å². The highest BCUT2D eigenvalue weighted by molar-refractivity contribution is 5.46. The van der Waals surface area contributed by atoms with Gasteiger partial charge in [-0.25, -0.2) is 0 Å². The van der Waals surface area contributed by atoms with Crippen molar-refractivity contribution in [3.8, 4) is 11.5 Å². The summed E-state index contributed by atoms with van der Waals surface area (Å²) in [5, 5.41) is 0. The minimum Gasteiger partial charge on any atom is -0.496 e. The van der Waals surface area contributed by atoms with Gasteiger partial charge < -0.3 is 15.2 Å². The van der Waals surface area contributed by atoms with E-state index in [1.165, 1.54) is 5.56 Å². The van der Waals surface area contributed by atoms with Crippen molar-refractivity contribution in [3.63, 3.8) is 0 Å². The predicted octanol–water partition coefficient (Wildman–Crippen LogP) is 1.67. The third-order valence-electron chi connectivity index (χ3n) is 3.62. The molecule has 4 nitrogen and oxygen atoms in total. The van der Waals surface area contributed by atoms with Crippen LogP contribution in [0.4, 0.5) is 0 Å². The molecule has 0 saturated heterocycles. The standard InChI is InChI=1S/C15H24N2O2/c1-3-8-17(9-7-16)12-10-13-14(18-2)5-4-6-15(13)19-11-12/h4-6,12H,3,7-11,16H2,1-2H3/t12-/m0/s1. The van der Waals surface area contributed by atoms with E-state index in [-0.39, 0.29) is 0 Å². The van der Waals surface area contributed by atoms with E-state index in [1.807, 2.05) is 18.2 Å². The first-order valence-electron chi connectivity index (χ1n) is 7.03. The third-order valence-corrected chi connectivity index (χ3v) is 3.62. The van der Waals surface area contributed by atoms with Gasteiger partial charge in [0.1, 0.15) is 18.1 Å². The van der Waals surface area contributed by atoms with Crippen molar-refractivity contribution < 1.29 is 9.47 Å². The molecule has 1 aliphatic rings. The van der Waals surface area contributed by atoms with Crippen LogP contribution in [0.3, 0.4) is 0 Å². The summed E-state index contributed by atoms with van der Waals surface area (Å²) in [6.07, 6.45) is 2.11. The minimum absolute atomic E-state index is 0.396. The number of nitrogens with zero attached hydrogens (tertiary/aromatic N) is 1. The molecular weight excluding hydrogens is 240 g/mol. The maximum Gasteiger partial charge on any atom is 0.126 e. The molecule has 1 atom stereocenters. The van der Waals surface area contributed by atoms with Crippen LogP contribution in [0.5, 0.6) is 11.5 Å². The summed E-state index contributed by atoms with van der Waals surface area (Å²) in [6.45, 7) is 5.61. The average Bonchev–Trinajstić information content (AvgIpc) is 2.46. The van der Waals surface area contributed by atoms with E-state index in [4.69, 9.17) is 15.2 Å². The number of nitrogens with two attached hydrogens (primary N) is 1. The fourth-order valence-electron chi connectivity index (χ4n) is 2.72. The third kappa shape index (κ3) is 3.19. The van der Waals surface area contributed by atoms with Gasteiger partial charge in [-0.3, -0.25) is 4.90 Å². The van der Waals surface area contributed by atoms with Crippen molar-refractivity contribution in [3.05, 3.63) is 23.8 Å². The molecule has 1 aromatic rings. The van der Waals surface area contributed by atoms with Gasteiger partial charge in [0.15, 0.2) is 0 Å². The van der Waals surface area contributed by atoms with Crippen LogP contribution in [-0.4, -0.2) is 44.3 Å². The molecule has 2 rings (SSSR count). The monoisotopic (exact) mass is 264 g/mol. The molecule has 1 aliphatic heterocycles. The van der Waals surface area contributed by atoms with Gasteiger partial charge in [0.25, 0.3) is 0 Å². The molecule has 1 heterocycles. The van der Waals surface area contributed by atoms with Crippen LogP contribution >= 0.6 is 0 Å². The Hall–Kier alpha value is -1.26. The molecular formula is C15H24N2O2. The first kappa shape index (κ1) is 14.2. The fraction of sp³-hybridized carbons (Fsp3) is 0.600. The molecule has 19 heavy (non-hydrogen) atoms. The Morgan fingerprint density at radius 1 is 1.42 bits per heavy atom. The summed E-state index contributed by atoms with van der Waals surface area (Å²) < 4.78 is 11.3. The Morgan fingerprint density at radius 2 is 2.26 bits per heavy atom. The van der Waals surface area contributed by atoms with Crippen molar-refractivity contribution in [2.45, 2.75) is 25.8 Å². The van der Waals surface area contributed by atoms with Crippen LogP contribution in [0.15, 0.2) is 18.2 Å². The van der Waals surface area contributed by atoms with Crippen LogP contribution in [0.25, 0.3) is 0 Å². The molecule has 0 aromatic heterocycles. The van der Waals surface area contributed by atoms with Crippen LogP contribution in [0.2, 0.25) is 0 Å². The summed E-state index contributed by atoms with van der Waals surface area (Å²) in [6, 6.07) is 6.38. The second-order valence-corrected chi connectivity index (χ2v) is 4.93. The lowest BCUT2D eigenvalue weighted by Gasteiger charge is -2.35. The molecule has 0 amide bonds. The molecule has 0 saturated carbocycles. The first-order valence-corrected chi connectivity index (χ1v) is 7.03. The molecule has 1 aromatic carbocycles. The van der Waals surface area contributed by atoms with Crippen LogP contribution < -0.4 is 15.2 Å². The number of rotatable bonds is 6. The van der Waals surface area contributed by atoms with Gasteiger partial charge in [0.2, 0.25) is 0 Å². The lowest BCUT2D eigenvalue weighted by Crippen LogP contribution is -2.45. The normalized spacial score (nSPS) is 18.0. The minimum atomic E-state index is 0.396. The van der Waals surface area contributed by atoms with E-state index in [2.05, 4.69) is 11.8 Å². The molecule has 0 fully saturated rings. The number of hydrogen-bond donors (Lipinski definition) is 1. The van der Waals surface area contributed by atoms with Crippen LogP contribution in [0.1, 0.15) is 18.9 Å². The van der Waals surface area contributed by atoms with Gasteiger partial charge in [0.05, 0.1) is 7.11 Å². The van der Waals surface area contributed by atoms with Crippen molar-refractivity contribution in [2.24, 2.45) is 5.73 Å². The second kappa shape index (κ2) is 6.78. The quantitative estimate of drug-likeness (QED) is 0.849. The van der Waals surface area contributed by atoms with Crippen molar-refractivity contribution >= 4 is 0 Å². The van der Waals surface area contributed by atoms with Gasteiger partial charge in [-0.2, -0.15) is 0 Å². The molecule has 0 unspecified atom stereocenters. The van der Waals surface area contributed by atoms with E-state index in [0.29, 0.717) is 12.6 Å². The Morgan fingerprint density at radius 3 is 2.95 bits per heavy atom. The van der Waals surface area contributed by atoms with Crippen LogP contribution in [-0.2, 0) is 6.42 Å². The number of ether oxygens (including phenoxy) is 2. The smallest absolute Gasteiger partial charge is 0.126 e. The summed E-state index contributed by atoms with van der Waals surface area (Å²) in [7, 11) is 1.71.